The fraction of sp³-hybridized carbons (Fsp3) is 0.667. The summed E-state index contributed by atoms with van der Waals surface area (Å²) in [5.74, 6) is 0. The first-order chi connectivity index (χ1) is 7.15. The average molecular weight is 288 g/mol. The van der Waals surface area contributed by atoms with Gasteiger partial charge in [0.2, 0.25) is 0 Å². The van der Waals surface area contributed by atoms with Gasteiger partial charge in [0.05, 0.1) is 0 Å². The molecule has 0 radical (unpaired) electrons. The molecule has 1 nitrogen and oxygen atoms in total. The highest BCUT2D eigenvalue weighted by Gasteiger charge is 2.32. The molecule has 15 heavy (non-hydrogen) atoms. The predicted octanol–water partition coefficient (Wildman–Crippen LogP) is 3.89. The summed E-state index contributed by atoms with van der Waals surface area (Å²) in [5, 5.41) is 3.69. The van der Waals surface area contributed by atoms with Crippen LogP contribution in [0.15, 0.2) is 10.5 Å². The Morgan fingerprint density at radius 1 is 1.60 bits per heavy atom. The Kier molecular flexibility index (Phi) is 3.53. The molecule has 0 aliphatic carbocycles. The van der Waals surface area contributed by atoms with Crippen LogP contribution in [0.3, 0.4) is 0 Å². The van der Waals surface area contributed by atoms with Crippen molar-refractivity contribution in [2.75, 3.05) is 6.54 Å². The van der Waals surface area contributed by atoms with Gasteiger partial charge in [-0.05, 0) is 61.1 Å². The Labute approximate surface area is 104 Å². The maximum atomic E-state index is 3.69. The average Bonchev–Trinajstić information content (AvgIpc) is 2.77. The topological polar surface area (TPSA) is 12.0 Å². The van der Waals surface area contributed by atoms with Gasteiger partial charge in [-0.25, -0.2) is 0 Å². The van der Waals surface area contributed by atoms with Crippen LogP contribution in [0.4, 0.5) is 0 Å². The number of thiophene rings is 1. The highest BCUT2D eigenvalue weighted by Crippen LogP contribution is 2.33. The molecule has 1 N–H and O–H groups in total. The van der Waals surface area contributed by atoms with Crippen LogP contribution in [0.25, 0.3) is 0 Å². The molecule has 0 bridgehead atoms. The van der Waals surface area contributed by atoms with E-state index < -0.39 is 0 Å². The zero-order chi connectivity index (χ0) is 10.9. The fourth-order valence-electron chi connectivity index (χ4n) is 2.38. The van der Waals surface area contributed by atoms with Gasteiger partial charge in [-0.2, -0.15) is 0 Å². The Balaban J connectivity index is 2.12. The first-order valence-corrected chi connectivity index (χ1v) is 7.26. The standard InChI is InChI=1S/C12H18BrNS/c1-3-12(5-4-6-14-12)8-10-7-11(13)9(2)15-10/h7,14H,3-6,8H2,1-2H3. The Morgan fingerprint density at radius 3 is 2.87 bits per heavy atom. The first kappa shape index (κ1) is 11.6. The number of nitrogens with one attached hydrogen (secondary N) is 1. The fourth-order valence-corrected chi connectivity index (χ4v) is 4.13. The van der Waals surface area contributed by atoms with Gasteiger partial charge >= 0.3 is 0 Å². The molecule has 3 heteroatoms. The minimum Gasteiger partial charge on any atom is -0.311 e. The summed E-state index contributed by atoms with van der Waals surface area (Å²) in [7, 11) is 0. The molecular formula is C12H18BrNS. The van der Waals surface area contributed by atoms with E-state index in [9.17, 15) is 0 Å². The van der Waals surface area contributed by atoms with Crippen LogP contribution < -0.4 is 5.32 Å². The van der Waals surface area contributed by atoms with Crippen molar-refractivity contribution >= 4 is 27.3 Å². The smallest absolute Gasteiger partial charge is 0.0314 e. The van der Waals surface area contributed by atoms with Gasteiger partial charge in [0.15, 0.2) is 0 Å². The third-order valence-corrected chi connectivity index (χ3v) is 5.57. The van der Waals surface area contributed by atoms with E-state index in [4.69, 9.17) is 0 Å². The van der Waals surface area contributed by atoms with Crippen molar-refractivity contribution < 1.29 is 0 Å². The third-order valence-electron chi connectivity index (χ3n) is 3.43. The molecular weight excluding hydrogens is 270 g/mol. The maximum Gasteiger partial charge on any atom is 0.0314 e. The molecule has 1 aromatic rings. The lowest BCUT2D eigenvalue weighted by Gasteiger charge is -2.27. The van der Waals surface area contributed by atoms with Crippen LogP contribution >= 0.6 is 27.3 Å². The lowest BCUT2D eigenvalue weighted by molar-refractivity contribution is 0.362. The summed E-state index contributed by atoms with van der Waals surface area (Å²) < 4.78 is 1.27. The number of hydrogen-bond donors (Lipinski definition) is 1. The van der Waals surface area contributed by atoms with Crippen LogP contribution in [0, 0.1) is 6.92 Å². The van der Waals surface area contributed by atoms with Gasteiger partial charge in [-0.1, -0.05) is 6.92 Å². The Hall–Kier alpha value is 0.140. The Morgan fingerprint density at radius 2 is 2.40 bits per heavy atom. The van der Waals surface area contributed by atoms with Crippen molar-refractivity contribution in [2.45, 2.75) is 45.1 Å². The largest absolute Gasteiger partial charge is 0.311 e. The zero-order valence-electron chi connectivity index (χ0n) is 9.40. The SMILES string of the molecule is CCC1(Cc2cc(Br)c(C)s2)CCCN1. The number of aryl methyl sites for hydroxylation is 1. The second kappa shape index (κ2) is 4.56. The highest BCUT2D eigenvalue weighted by atomic mass is 79.9. The quantitative estimate of drug-likeness (QED) is 0.889. The van der Waals surface area contributed by atoms with Crippen molar-refractivity contribution in [2.24, 2.45) is 0 Å². The monoisotopic (exact) mass is 287 g/mol. The number of hydrogen-bond acceptors (Lipinski definition) is 2. The summed E-state index contributed by atoms with van der Waals surface area (Å²) >= 11 is 5.52. The molecule has 1 aliphatic heterocycles. The van der Waals surface area contributed by atoms with Gasteiger partial charge in [-0.3, -0.25) is 0 Å². The molecule has 2 rings (SSSR count). The summed E-state index contributed by atoms with van der Waals surface area (Å²) in [4.78, 5) is 2.91. The van der Waals surface area contributed by atoms with Crippen molar-refractivity contribution in [3.8, 4) is 0 Å². The molecule has 0 amide bonds. The Bertz CT molecular complexity index is 320. The van der Waals surface area contributed by atoms with Crippen molar-refractivity contribution in [1.82, 2.24) is 5.32 Å². The van der Waals surface area contributed by atoms with E-state index in [0.29, 0.717) is 5.54 Å². The predicted molar refractivity (Wildman–Crippen MR) is 70.7 cm³/mol. The number of halogens is 1. The zero-order valence-corrected chi connectivity index (χ0v) is 11.8. The van der Waals surface area contributed by atoms with Gasteiger partial charge in [0.1, 0.15) is 0 Å². The summed E-state index contributed by atoms with van der Waals surface area (Å²) in [5.41, 5.74) is 0.386. The second-order valence-corrected chi connectivity index (χ2v) is 6.65. The maximum absolute atomic E-state index is 3.69. The molecule has 0 aromatic carbocycles. The molecule has 1 atom stereocenters. The van der Waals surface area contributed by atoms with Gasteiger partial charge in [-0.15, -0.1) is 11.3 Å². The molecule has 1 saturated heterocycles. The van der Waals surface area contributed by atoms with E-state index in [0.717, 1.165) is 0 Å². The first-order valence-electron chi connectivity index (χ1n) is 5.65. The molecule has 2 heterocycles. The van der Waals surface area contributed by atoms with E-state index in [1.165, 1.54) is 46.5 Å². The van der Waals surface area contributed by atoms with Gasteiger partial charge in [0, 0.05) is 19.8 Å². The minimum atomic E-state index is 0.386. The summed E-state index contributed by atoms with van der Waals surface area (Å²) in [6.45, 7) is 5.67. The highest BCUT2D eigenvalue weighted by molar-refractivity contribution is 9.10. The molecule has 1 unspecified atom stereocenters. The van der Waals surface area contributed by atoms with Crippen molar-refractivity contribution in [3.05, 3.63) is 20.3 Å². The van der Waals surface area contributed by atoms with Crippen LogP contribution in [0.2, 0.25) is 0 Å². The molecule has 84 valence electrons. The summed E-state index contributed by atoms with van der Waals surface area (Å²) in [6.07, 6.45) is 5.10. The minimum absolute atomic E-state index is 0.386. The van der Waals surface area contributed by atoms with Crippen LogP contribution in [0.1, 0.15) is 35.9 Å². The van der Waals surface area contributed by atoms with E-state index >= 15 is 0 Å². The molecule has 1 aliphatic rings. The lowest BCUT2D eigenvalue weighted by Crippen LogP contribution is -2.40. The molecule has 1 aromatic heterocycles. The van der Waals surface area contributed by atoms with Crippen LogP contribution in [0.5, 0.6) is 0 Å². The van der Waals surface area contributed by atoms with Crippen LogP contribution in [-0.4, -0.2) is 12.1 Å². The van der Waals surface area contributed by atoms with Crippen LogP contribution in [-0.2, 0) is 6.42 Å². The van der Waals surface area contributed by atoms with Crippen molar-refractivity contribution in [3.63, 3.8) is 0 Å². The van der Waals surface area contributed by atoms with Gasteiger partial charge < -0.3 is 5.32 Å². The third kappa shape index (κ3) is 2.45. The van der Waals surface area contributed by atoms with E-state index in [2.05, 4.69) is 41.2 Å². The van der Waals surface area contributed by atoms with Gasteiger partial charge in [0.25, 0.3) is 0 Å². The van der Waals surface area contributed by atoms with E-state index in [1.807, 2.05) is 11.3 Å². The summed E-state index contributed by atoms with van der Waals surface area (Å²) in [6, 6.07) is 2.29. The van der Waals surface area contributed by atoms with Crippen molar-refractivity contribution in [1.29, 1.82) is 0 Å². The molecule has 0 saturated carbocycles. The second-order valence-electron chi connectivity index (χ2n) is 4.46. The molecule has 1 fully saturated rings. The normalized spacial score (nSPS) is 26.1. The van der Waals surface area contributed by atoms with E-state index in [-0.39, 0.29) is 0 Å². The number of rotatable bonds is 3. The molecule has 0 spiro atoms. The lowest BCUT2D eigenvalue weighted by atomic mass is 9.90. The van der Waals surface area contributed by atoms with E-state index in [1.54, 1.807) is 0 Å².